The summed E-state index contributed by atoms with van der Waals surface area (Å²) in [5, 5.41) is 8.69. The maximum Gasteiger partial charge on any atom is 0.314 e. The molecule has 152 valence electrons. The molecule has 0 aliphatic heterocycles. The molecule has 0 aromatic carbocycles. The van der Waals surface area contributed by atoms with E-state index in [1.807, 2.05) is 0 Å². The van der Waals surface area contributed by atoms with Crippen molar-refractivity contribution in [1.82, 2.24) is 0 Å². The number of ether oxygens (including phenoxy) is 2. The minimum absolute atomic E-state index is 0.248. The highest BCUT2D eigenvalue weighted by Gasteiger charge is 2.39. The van der Waals surface area contributed by atoms with Gasteiger partial charge < -0.3 is 22.8 Å². The molecule has 0 unspecified atom stereocenters. The van der Waals surface area contributed by atoms with Crippen molar-refractivity contribution in [2.75, 3.05) is 33.0 Å². The minimum Gasteiger partial charge on any atom is -0.437 e. The normalized spacial score (nSPS) is 13.4. The number of rotatable bonds is 16. The first-order chi connectivity index (χ1) is 11.5. The molecule has 0 fully saturated rings. The monoisotopic (exact) mass is 410 g/mol. The Morgan fingerprint density at radius 2 is 1.04 bits per heavy atom. The van der Waals surface area contributed by atoms with Gasteiger partial charge in [-0.2, -0.15) is 0 Å². The molecule has 1 N–H and O–H groups in total. The van der Waals surface area contributed by atoms with Crippen LogP contribution >= 0.6 is 0 Å². The lowest BCUT2D eigenvalue weighted by Gasteiger charge is -2.38. The van der Waals surface area contributed by atoms with Gasteiger partial charge in [0.05, 0.1) is 0 Å². The van der Waals surface area contributed by atoms with Gasteiger partial charge in [-0.25, -0.2) is 0 Å². The Morgan fingerprint density at radius 1 is 0.600 bits per heavy atom. The van der Waals surface area contributed by atoms with Crippen LogP contribution in [0.1, 0.15) is 25.7 Å². The Balaban J connectivity index is 3.92. The van der Waals surface area contributed by atoms with E-state index in [1.165, 1.54) is 0 Å². The Morgan fingerprint density at radius 3 is 1.48 bits per heavy atom. The van der Waals surface area contributed by atoms with Gasteiger partial charge in [0.25, 0.3) is 0 Å². The molecule has 0 radical (unpaired) electrons. The van der Waals surface area contributed by atoms with Gasteiger partial charge in [-0.1, -0.05) is 0 Å². The smallest absolute Gasteiger partial charge is 0.314 e. The van der Waals surface area contributed by atoms with Gasteiger partial charge in [-0.15, -0.1) is 0 Å². The highest BCUT2D eigenvalue weighted by Crippen LogP contribution is 2.25. The fourth-order valence-corrected chi connectivity index (χ4v) is 15.2. The molecule has 25 heavy (non-hydrogen) atoms. The van der Waals surface area contributed by atoms with Crippen LogP contribution in [0.4, 0.5) is 0 Å². The molecule has 5 nitrogen and oxygen atoms in total. The fourth-order valence-electron chi connectivity index (χ4n) is 2.70. The van der Waals surface area contributed by atoms with Crippen LogP contribution in [-0.4, -0.2) is 63.3 Å². The first-order valence-corrected chi connectivity index (χ1v) is 19.0. The Bertz CT molecular complexity index is 313. The molecule has 0 saturated carbocycles. The van der Waals surface area contributed by atoms with Crippen molar-refractivity contribution in [3.63, 3.8) is 0 Å². The van der Waals surface area contributed by atoms with E-state index in [4.69, 9.17) is 22.8 Å². The van der Waals surface area contributed by atoms with Crippen LogP contribution in [0.15, 0.2) is 0 Å². The molecule has 0 spiro atoms. The molecule has 0 aliphatic rings. The van der Waals surface area contributed by atoms with E-state index in [0.29, 0.717) is 0 Å². The average molecular weight is 411 g/mol. The lowest BCUT2D eigenvalue weighted by Crippen LogP contribution is -2.52. The van der Waals surface area contributed by atoms with Gasteiger partial charge in [-0.3, -0.25) is 0 Å². The maximum atomic E-state index is 8.69. The molecule has 0 aromatic rings. The first kappa shape index (κ1) is 25.5. The van der Waals surface area contributed by atoms with E-state index < -0.39 is 25.2 Å². The quantitative estimate of drug-likeness (QED) is 0.303. The van der Waals surface area contributed by atoms with Crippen LogP contribution in [0.25, 0.3) is 0 Å². The van der Waals surface area contributed by atoms with Gasteiger partial charge in [-0.05, 0) is 77.6 Å². The average Bonchev–Trinajstić information content (AvgIpc) is 2.40. The lowest BCUT2D eigenvalue weighted by molar-refractivity contribution is 0.0794. The molecule has 0 atom stereocenters. The van der Waals surface area contributed by atoms with Crippen molar-refractivity contribution < 1.29 is 22.8 Å². The van der Waals surface area contributed by atoms with Crippen molar-refractivity contribution in [3.05, 3.63) is 0 Å². The maximum absolute atomic E-state index is 8.69. The molecule has 0 aliphatic carbocycles. The number of hydrogen-bond acceptors (Lipinski definition) is 5. The van der Waals surface area contributed by atoms with E-state index in [2.05, 4.69) is 45.8 Å². The molecular weight excluding hydrogens is 368 g/mol. The van der Waals surface area contributed by atoms with Crippen LogP contribution < -0.4 is 0 Å². The SMILES string of the molecule is C[Si](C)(C)O[Si](C)(CCCOCCCOCCCCO)O[Si](C)(C)C. The molecule has 0 bridgehead atoms. The zero-order valence-corrected chi connectivity index (χ0v) is 20.7. The molecule has 8 heteroatoms. The fraction of sp³-hybridized carbons (Fsp3) is 1.00. The van der Waals surface area contributed by atoms with Crippen molar-refractivity contribution >= 4 is 25.2 Å². The number of unbranched alkanes of at least 4 members (excludes halogenated alkanes) is 1. The Labute approximate surface area is 158 Å². The van der Waals surface area contributed by atoms with Gasteiger partial charge in [0.15, 0.2) is 16.6 Å². The standard InChI is InChI=1S/C17H42O5Si3/c1-23(2,3)21-25(7,22-24(4,5)6)17-11-16-20-15-10-14-19-13-9-8-12-18/h18H,8-17H2,1-7H3. The molecular formula is C17H42O5Si3. The van der Waals surface area contributed by atoms with Crippen molar-refractivity contribution in [1.29, 1.82) is 0 Å². The highest BCUT2D eigenvalue weighted by molar-refractivity contribution is 6.87. The van der Waals surface area contributed by atoms with E-state index in [0.717, 1.165) is 58.2 Å². The summed E-state index contributed by atoms with van der Waals surface area (Å²) < 4.78 is 24.2. The summed E-state index contributed by atoms with van der Waals surface area (Å²) in [6.45, 7) is 18.9. The predicted octanol–water partition coefficient (Wildman–Crippen LogP) is 4.35. The van der Waals surface area contributed by atoms with Gasteiger partial charge in [0, 0.05) is 33.0 Å². The Kier molecular flexibility index (Phi) is 13.0. The van der Waals surface area contributed by atoms with Crippen molar-refractivity contribution in [2.24, 2.45) is 0 Å². The third kappa shape index (κ3) is 17.6. The zero-order chi connectivity index (χ0) is 19.4. The molecule has 0 saturated heterocycles. The second-order valence-electron chi connectivity index (χ2n) is 8.68. The second-order valence-corrected chi connectivity index (χ2v) is 21.5. The summed E-state index contributed by atoms with van der Waals surface area (Å²) in [7, 11) is -5.33. The zero-order valence-electron chi connectivity index (χ0n) is 17.7. The number of aliphatic hydroxyl groups excluding tert-OH is 1. The minimum atomic E-state index is -2.12. The largest absolute Gasteiger partial charge is 0.437 e. The molecule has 0 aromatic heterocycles. The van der Waals surface area contributed by atoms with Crippen LogP contribution in [-0.2, 0) is 17.7 Å². The van der Waals surface area contributed by atoms with Crippen molar-refractivity contribution in [3.8, 4) is 0 Å². The van der Waals surface area contributed by atoms with Crippen LogP contribution in [0.3, 0.4) is 0 Å². The van der Waals surface area contributed by atoms with E-state index in [9.17, 15) is 0 Å². The van der Waals surface area contributed by atoms with Gasteiger partial charge in [0.1, 0.15) is 0 Å². The first-order valence-electron chi connectivity index (χ1n) is 9.64. The second kappa shape index (κ2) is 12.8. The summed E-state index contributed by atoms with van der Waals surface area (Å²) in [6, 6.07) is 0.999. The van der Waals surface area contributed by atoms with E-state index in [-0.39, 0.29) is 6.61 Å². The Hall–Kier alpha value is 0.451. The van der Waals surface area contributed by atoms with Crippen LogP contribution in [0, 0.1) is 0 Å². The van der Waals surface area contributed by atoms with E-state index in [1.54, 1.807) is 0 Å². The summed E-state index contributed by atoms with van der Waals surface area (Å²) in [5.74, 6) is 0. The lowest BCUT2D eigenvalue weighted by atomic mass is 10.3. The molecule has 0 heterocycles. The number of hydrogen-bond donors (Lipinski definition) is 1. The highest BCUT2D eigenvalue weighted by atomic mass is 28.5. The summed E-state index contributed by atoms with van der Waals surface area (Å²) in [4.78, 5) is 0. The summed E-state index contributed by atoms with van der Waals surface area (Å²) >= 11 is 0. The topological polar surface area (TPSA) is 57.2 Å². The van der Waals surface area contributed by atoms with E-state index >= 15 is 0 Å². The van der Waals surface area contributed by atoms with Crippen LogP contribution in [0.5, 0.6) is 0 Å². The summed E-state index contributed by atoms with van der Waals surface area (Å²) in [5.41, 5.74) is 0. The van der Waals surface area contributed by atoms with Crippen molar-refractivity contribution in [2.45, 2.75) is 77.6 Å². The van der Waals surface area contributed by atoms with Gasteiger partial charge >= 0.3 is 8.56 Å². The molecule has 0 amide bonds. The van der Waals surface area contributed by atoms with Gasteiger partial charge in [0.2, 0.25) is 0 Å². The third-order valence-corrected chi connectivity index (χ3v) is 12.9. The molecule has 0 rings (SSSR count). The third-order valence-electron chi connectivity index (χ3n) is 3.24. The number of aliphatic hydroxyl groups is 1. The van der Waals surface area contributed by atoms with Crippen LogP contribution in [0.2, 0.25) is 51.9 Å². The summed E-state index contributed by atoms with van der Waals surface area (Å²) in [6.07, 6.45) is 3.66. The predicted molar refractivity (Wildman–Crippen MR) is 112 cm³/mol.